The number of benzene rings is 2. The van der Waals surface area contributed by atoms with E-state index in [0.717, 1.165) is 5.56 Å². The van der Waals surface area contributed by atoms with E-state index in [1.165, 1.54) is 13.2 Å². The molecule has 0 fully saturated rings. The fraction of sp³-hybridized carbons (Fsp3) is 0.154. The summed E-state index contributed by atoms with van der Waals surface area (Å²) in [5.41, 5.74) is 0.886. The first-order valence-electron chi connectivity index (χ1n) is 5.08. The third-order valence-electron chi connectivity index (χ3n) is 2.65. The average molecular weight is 232 g/mol. The van der Waals surface area contributed by atoms with E-state index in [-0.39, 0.29) is 17.1 Å². The highest BCUT2D eigenvalue weighted by Gasteiger charge is 2.17. The van der Waals surface area contributed by atoms with Gasteiger partial charge in [-0.3, -0.25) is 0 Å². The zero-order chi connectivity index (χ0) is 12.6. The van der Waals surface area contributed by atoms with Gasteiger partial charge >= 0.3 is 5.97 Å². The van der Waals surface area contributed by atoms with Crippen LogP contribution in [0.2, 0.25) is 0 Å². The van der Waals surface area contributed by atoms with Crippen LogP contribution in [0.3, 0.4) is 0 Å². The van der Waals surface area contributed by atoms with Gasteiger partial charge in [0.15, 0.2) is 0 Å². The second-order valence-electron chi connectivity index (χ2n) is 3.83. The number of carbonyl (C=O) groups is 1. The van der Waals surface area contributed by atoms with E-state index < -0.39 is 5.97 Å². The number of rotatable bonds is 1. The predicted octanol–water partition coefficient (Wildman–Crippen LogP) is 2.35. The van der Waals surface area contributed by atoms with Gasteiger partial charge in [0.2, 0.25) is 0 Å². The second kappa shape index (κ2) is 3.97. The maximum Gasteiger partial charge on any atom is 0.341 e. The largest absolute Gasteiger partial charge is 0.507 e. The molecule has 0 atom stereocenters. The Morgan fingerprint density at radius 3 is 2.53 bits per heavy atom. The zero-order valence-corrected chi connectivity index (χ0v) is 9.52. The number of hydrogen-bond acceptors (Lipinski definition) is 4. The number of phenolic OH excluding ortho intramolecular Hbond substituents is 2. The van der Waals surface area contributed by atoms with Crippen LogP contribution in [0.4, 0.5) is 0 Å². The van der Waals surface area contributed by atoms with Crippen LogP contribution < -0.4 is 0 Å². The molecule has 0 saturated heterocycles. The fourth-order valence-corrected chi connectivity index (χ4v) is 1.77. The van der Waals surface area contributed by atoms with Crippen molar-refractivity contribution in [2.45, 2.75) is 6.92 Å². The normalized spacial score (nSPS) is 10.5. The van der Waals surface area contributed by atoms with E-state index in [2.05, 4.69) is 4.74 Å². The molecule has 0 bridgehead atoms. The van der Waals surface area contributed by atoms with Crippen LogP contribution in [0.5, 0.6) is 11.5 Å². The Balaban J connectivity index is 2.82. The number of methoxy groups -OCH3 is 1. The first-order chi connectivity index (χ1) is 8.04. The Morgan fingerprint density at radius 2 is 1.88 bits per heavy atom. The molecule has 2 rings (SSSR count). The first-order valence-corrected chi connectivity index (χ1v) is 5.08. The van der Waals surface area contributed by atoms with Gasteiger partial charge in [-0.2, -0.15) is 0 Å². The summed E-state index contributed by atoms with van der Waals surface area (Å²) in [5, 5.41) is 20.7. The number of carbonyl (C=O) groups excluding carboxylic acids is 1. The minimum atomic E-state index is -0.679. The van der Waals surface area contributed by atoms with Crippen molar-refractivity contribution < 1.29 is 19.7 Å². The molecule has 0 unspecified atom stereocenters. The Kier molecular flexibility index (Phi) is 2.63. The van der Waals surface area contributed by atoms with E-state index in [4.69, 9.17) is 0 Å². The molecule has 2 aromatic carbocycles. The molecule has 0 heterocycles. The lowest BCUT2D eigenvalue weighted by Crippen LogP contribution is -2.01. The van der Waals surface area contributed by atoms with Crippen LogP contribution in [0.15, 0.2) is 24.3 Å². The van der Waals surface area contributed by atoms with Gasteiger partial charge in [-0.1, -0.05) is 17.7 Å². The number of fused-ring (bicyclic) bond motifs is 1. The molecule has 0 aromatic heterocycles. The molecule has 4 heteroatoms. The molecule has 0 aliphatic rings. The average Bonchev–Trinajstić information content (AvgIpc) is 2.32. The minimum absolute atomic E-state index is 0.0388. The summed E-state index contributed by atoms with van der Waals surface area (Å²) in [4.78, 5) is 11.4. The standard InChI is InChI=1S/C13H12O4/c1-7-3-4-8-9(5-7)12(15)10(6-11(8)14)13(16)17-2/h3-6,14-15H,1-2H3. The molecular formula is C13H12O4. The summed E-state index contributed by atoms with van der Waals surface area (Å²) < 4.78 is 4.54. The van der Waals surface area contributed by atoms with Crippen molar-refractivity contribution in [2.75, 3.05) is 7.11 Å². The summed E-state index contributed by atoms with van der Waals surface area (Å²) >= 11 is 0. The van der Waals surface area contributed by atoms with Gasteiger partial charge in [-0.25, -0.2) is 4.79 Å². The molecule has 0 spiro atoms. The Labute approximate surface area is 98.1 Å². The lowest BCUT2D eigenvalue weighted by Gasteiger charge is -2.09. The SMILES string of the molecule is COC(=O)c1cc(O)c2ccc(C)cc2c1O. The Morgan fingerprint density at radius 1 is 1.18 bits per heavy atom. The number of aryl methyl sites for hydroxylation is 1. The molecule has 17 heavy (non-hydrogen) atoms. The Bertz CT molecular complexity index is 602. The second-order valence-corrected chi connectivity index (χ2v) is 3.83. The molecule has 4 nitrogen and oxygen atoms in total. The van der Waals surface area contributed by atoms with Crippen molar-refractivity contribution in [2.24, 2.45) is 0 Å². The van der Waals surface area contributed by atoms with E-state index in [1.807, 2.05) is 13.0 Å². The minimum Gasteiger partial charge on any atom is -0.507 e. The van der Waals surface area contributed by atoms with E-state index >= 15 is 0 Å². The smallest absolute Gasteiger partial charge is 0.341 e. The maximum atomic E-state index is 11.4. The van der Waals surface area contributed by atoms with Crippen LogP contribution in [0, 0.1) is 6.92 Å². The maximum absolute atomic E-state index is 11.4. The van der Waals surface area contributed by atoms with Gasteiger partial charge < -0.3 is 14.9 Å². The zero-order valence-electron chi connectivity index (χ0n) is 9.52. The summed E-state index contributed by atoms with van der Waals surface area (Å²) in [6, 6.07) is 6.43. The van der Waals surface area contributed by atoms with Crippen LogP contribution in [0.25, 0.3) is 10.8 Å². The van der Waals surface area contributed by atoms with Crippen LogP contribution >= 0.6 is 0 Å². The topological polar surface area (TPSA) is 66.8 Å². The van der Waals surface area contributed by atoms with Crippen molar-refractivity contribution in [1.82, 2.24) is 0 Å². The molecule has 0 saturated carbocycles. The van der Waals surface area contributed by atoms with Crippen LogP contribution in [-0.4, -0.2) is 23.3 Å². The third kappa shape index (κ3) is 1.78. The summed E-state index contributed by atoms with van der Waals surface area (Å²) in [7, 11) is 1.22. The fourth-order valence-electron chi connectivity index (χ4n) is 1.77. The van der Waals surface area contributed by atoms with E-state index in [9.17, 15) is 15.0 Å². The number of phenols is 2. The van der Waals surface area contributed by atoms with Gasteiger partial charge in [0.1, 0.15) is 17.1 Å². The first kappa shape index (κ1) is 11.3. The van der Waals surface area contributed by atoms with Crippen molar-refractivity contribution in [3.63, 3.8) is 0 Å². The number of esters is 1. The third-order valence-corrected chi connectivity index (χ3v) is 2.65. The van der Waals surface area contributed by atoms with Gasteiger partial charge in [0.25, 0.3) is 0 Å². The van der Waals surface area contributed by atoms with Gasteiger partial charge in [0.05, 0.1) is 7.11 Å². The number of ether oxygens (including phenoxy) is 1. The highest BCUT2D eigenvalue weighted by Crippen LogP contribution is 2.36. The van der Waals surface area contributed by atoms with Crippen molar-refractivity contribution in [3.8, 4) is 11.5 Å². The molecule has 2 aromatic rings. The monoisotopic (exact) mass is 232 g/mol. The van der Waals surface area contributed by atoms with Gasteiger partial charge in [-0.05, 0) is 19.1 Å². The lowest BCUT2D eigenvalue weighted by molar-refractivity contribution is 0.0597. The van der Waals surface area contributed by atoms with Crippen molar-refractivity contribution in [1.29, 1.82) is 0 Å². The van der Waals surface area contributed by atoms with Crippen LogP contribution in [-0.2, 0) is 4.74 Å². The van der Waals surface area contributed by atoms with Crippen molar-refractivity contribution >= 4 is 16.7 Å². The highest BCUT2D eigenvalue weighted by molar-refractivity contribution is 6.03. The van der Waals surface area contributed by atoms with Gasteiger partial charge in [0, 0.05) is 10.8 Å². The van der Waals surface area contributed by atoms with Crippen LogP contribution in [0.1, 0.15) is 15.9 Å². The lowest BCUT2D eigenvalue weighted by atomic mass is 10.0. The molecular weight excluding hydrogens is 220 g/mol. The molecule has 88 valence electrons. The summed E-state index contributed by atoms with van der Waals surface area (Å²) in [6.07, 6.45) is 0. The Hall–Kier alpha value is -2.23. The van der Waals surface area contributed by atoms with E-state index in [1.54, 1.807) is 12.1 Å². The highest BCUT2D eigenvalue weighted by atomic mass is 16.5. The molecule has 0 radical (unpaired) electrons. The summed E-state index contributed by atoms with van der Waals surface area (Å²) in [6.45, 7) is 1.86. The quantitative estimate of drug-likeness (QED) is 0.585. The molecule has 2 N–H and O–H groups in total. The molecule has 0 aliphatic carbocycles. The van der Waals surface area contributed by atoms with Crippen molar-refractivity contribution in [3.05, 3.63) is 35.4 Å². The van der Waals surface area contributed by atoms with E-state index in [0.29, 0.717) is 10.8 Å². The molecule has 0 aliphatic heterocycles. The van der Waals surface area contributed by atoms with Gasteiger partial charge in [-0.15, -0.1) is 0 Å². The predicted molar refractivity (Wildman–Crippen MR) is 63.4 cm³/mol. The summed E-state index contributed by atoms with van der Waals surface area (Å²) in [5.74, 6) is -0.909. The molecule has 0 amide bonds. The number of hydrogen-bond donors (Lipinski definition) is 2. The number of aromatic hydroxyl groups is 2.